The van der Waals surface area contributed by atoms with Crippen LogP contribution in [-0.2, 0) is 14.3 Å². The van der Waals surface area contributed by atoms with Gasteiger partial charge in [-0.15, -0.1) is 0 Å². The number of nitrogens with two attached hydrogens (primary N) is 1. The van der Waals surface area contributed by atoms with Crippen LogP contribution >= 0.6 is 11.6 Å². The third-order valence-corrected chi connectivity index (χ3v) is 4.30. The highest BCUT2D eigenvalue weighted by atomic mass is 35.5. The van der Waals surface area contributed by atoms with E-state index < -0.39 is 23.8 Å². The van der Waals surface area contributed by atoms with Crippen LogP contribution in [0.2, 0.25) is 5.02 Å². The van der Waals surface area contributed by atoms with Gasteiger partial charge in [-0.2, -0.15) is 0 Å². The average Bonchev–Trinajstić information content (AvgIpc) is 2.76. The van der Waals surface area contributed by atoms with Crippen molar-refractivity contribution in [2.24, 2.45) is 10.8 Å². The Morgan fingerprint density at radius 2 is 1.97 bits per heavy atom. The van der Waals surface area contributed by atoms with Crippen molar-refractivity contribution in [2.75, 3.05) is 13.2 Å². The summed E-state index contributed by atoms with van der Waals surface area (Å²) in [4.78, 5) is 40.8. The standard InChI is InChI=1S/C21H24ClN5O4/c1-2-31-20(29)11-18(14-5-3-7-16(22)9-14)27-19(28)12-24-21(30)15-6-4-8-17(10-15)25-13-26-23/h3-10,13,18H,2,11-12,23H2,1H3,(H,24,30)(H,25,26)(H,27,28). The summed E-state index contributed by atoms with van der Waals surface area (Å²) in [6, 6.07) is 12.7. The fourth-order valence-corrected chi connectivity index (χ4v) is 2.91. The van der Waals surface area contributed by atoms with E-state index in [9.17, 15) is 14.4 Å². The number of benzene rings is 2. The number of aliphatic imine (C=N–C) groups is 1. The maximum atomic E-state index is 12.4. The first-order valence-electron chi connectivity index (χ1n) is 9.50. The van der Waals surface area contributed by atoms with Crippen molar-refractivity contribution >= 4 is 41.4 Å². The fraction of sp³-hybridized carbons (Fsp3) is 0.238. The SMILES string of the molecule is CCOC(=O)CC(NC(=O)CNC(=O)c1cccc(N=CNN)c1)c1cccc(Cl)c1. The molecular weight excluding hydrogens is 422 g/mol. The minimum absolute atomic E-state index is 0.0664. The first-order valence-corrected chi connectivity index (χ1v) is 9.88. The number of nitrogens with zero attached hydrogens (tertiary/aromatic N) is 1. The second-order valence-corrected chi connectivity index (χ2v) is 6.78. The molecule has 0 heterocycles. The van der Waals surface area contributed by atoms with Crippen molar-refractivity contribution in [3.63, 3.8) is 0 Å². The summed E-state index contributed by atoms with van der Waals surface area (Å²) in [6.45, 7) is 1.65. The van der Waals surface area contributed by atoms with Gasteiger partial charge in [-0.05, 0) is 42.8 Å². The molecule has 0 spiro atoms. The molecule has 164 valence electrons. The van der Waals surface area contributed by atoms with Gasteiger partial charge in [0.1, 0.15) is 6.34 Å². The third kappa shape index (κ3) is 8.07. The monoisotopic (exact) mass is 445 g/mol. The number of carbonyl (C=O) groups is 3. The Morgan fingerprint density at radius 3 is 2.68 bits per heavy atom. The summed E-state index contributed by atoms with van der Waals surface area (Å²) in [5.74, 6) is 3.76. The molecule has 0 aliphatic rings. The number of amides is 2. The highest BCUT2D eigenvalue weighted by Gasteiger charge is 2.20. The van der Waals surface area contributed by atoms with Gasteiger partial charge in [-0.25, -0.2) is 10.8 Å². The topological polar surface area (TPSA) is 135 Å². The summed E-state index contributed by atoms with van der Waals surface area (Å²) in [5.41, 5.74) is 3.78. The number of hydrazine groups is 1. The van der Waals surface area contributed by atoms with Crippen LogP contribution in [0.1, 0.15) is 35.3 Å². The molecule has 2 aromatic carbocycles. The van der Waals surface area contributed by atoms with Gasteiger partial charge >= 0.3 is 5.97 Å². The lowest BCUT2D eigenvalue weighted by molar-refractivity contribution is -0.143. The van der Waals surface area contributed by atoms with Crippen molar-refractivity contribution in [1.82, 2.24) is 16.1 Å². The van der Waals surface area contributed by atoms with Crippen LogP contribution < -0.4 is 21.9 Å². The zero-order chi connectivity index (χ0) is 22.6. The maximum Gasteiger partial charge on any atom is 0.308 e. The predicted molar refractivity (Wildman–Crippen MR) is 118 cm³/mol. The van der Waals surface area contributed by atoms with E-state index in [1.54, 1.807) is 55.5 Å². The molecule has 10 heteroatoms. The van der Waals surface area contributed by atoms with Crippen LogP contribution in [0.5, 0.6) is 0 Å². The lowest BCUT2D eigenvalue weighted by atomic mass is 10.0. The molecule has 2 rings (SSSR count). The Morgan fingerprint density at radius 1 is 1.19 bits per heavy atom. The van der Waals surface area contributed by atoms with Gasteiger partial charge in [0.2, 0.25) is 5.91 Å². The van der Waals surface area contributed by atoms with Crippen LogP contribution in [0.4, 0.5) is 5.69 Å². The molecule has 0 bridgehead atoms. The highest BCUT2D eigenvalue weighted by molar-refractivity contribution is 6.30. The van der Waals surface area contributed by atoms with Crippen molar-refractivity contribution in [3.8, 4) is 0 Å². The number of nitrogens with one attached hydrogen (secondary N) is 3. The molecule has 0 aliphatic carbocycles. The Hall–Kier alpha value is -3.43. The number of hydrogen-bond donors (Lipinski definition) is 4. The van der Waals surface area contributed by atoms with E-state index >= 15 is 0 Å². The minimum atomic E-state index is -0.649. The van der Waals surface area contributed by atoms with Crippen molar-refractivity contribution in [1.29, 1.82) is 0 Å². The lowest BCUT2D eigenvalue weighted by Crippen LogP contribution is -2.39. The number of hydrogen-bond acceptors (Lipinski definition) is 6. The van der Waals surface area contributed by atoms with Gasteiger partial charge in [0, 0.05) is 10.6 Å². The molecule has 0 saturated heterocycles. The molecule has 31 heavy (non-hydrogen) atoms. The van der Waals surface area contributed by atoms with E-state index in [0.29, 0.717) is 21.8 Å². The normalized spacial score (nSPS) is 11.6. The van der Waals surface area contributed by atoms with Crippen LogP contribution in [0.15, 0.2) is 53.5 Å². The number of rotatable bonds is 10. The van der Waals surface area contributed by atoms with E-state index in [1.165, 1.54) is 6.34 Å². The quantitative estimate of drug-likeness (QED) is 0.145. The Kier molecular flexibility index (Phi) is 9.47. The summed E-state index contributed by atoms with van der Waals surface area (Å²) in [7, 11) is 0. The number of halogens is 1. The van der Waals surface area contributed by atoms with E-state index in [2.05, 4.69) is 21.1 Å². The average molecular weight is 446 g/mol. The second-order valence-electron chi connectivity index (χ2n) is 6.34. The molecule has 2 amide bonds. The Bertz CT molecular complexity index is 951. The maximum absolute atomic E-state index is 12.4. The molecule has 9 nitrogen and oxygen atoms in total. The van der Waals surface area contributed by atoms with E-state index in [0.717, 1.165) is 0 Å². The van der Waals surface area contributed by atoms with Gasteiger partial charge < -0.3 is 20.8 Å². The summed E-state index contributed by atoms with van der Waals surface area (Å²) in [6.07, 6.45) is 1.22. The molecule has 1 unspecified atom stereocenters. The summed E-state index contributed by atoms with van der Waals surface area (Å²) >= 11 is 6.03. The van der Waals surface area contributed by atoms with Crippen LogP contribution in [0.25, 0.3) is 0 Å². The zero-order valence-electron chi connectivity index (χ0n) is 16.9. The highest BCUT2D eigenvalue weighted by Crippen LogP contribution is 2.21. The first kappa shape index (κ1) is 23.8. The summed E-state index contributed by atoms with van der Waals surface area (Å²) < 4.78 is 4.98. The first-order chi connectivity index (χ1) is 14.9. The van der Waals surface area contributed by atoms with Crippen molar-refractivity contribution < 1.29 is 19.1 Å². The molecule has 1 atom stereocenters. The third-order valence-electron chi connectivity index (χ3n) is 4.07. The van der Waals surface area contributed by atoms with E-state index in [-0.39, 0.29) is 19.6 Å². The van der Waals surface area contributed by atoms with Crippen LogP contribution in [0.3, 0.4) is 0 Å². The molecular formula is C21H24ClN5O4. The molecule has 0 aromatic heterocycles. The predicted octanol–water partition coefficient (Wildman–Crippen LogP) is 2.00. The van der Waals surface area contributed by atoms with Gasteiger partial charge in [-0.1, -0.05) is 29.8 Å². The Labute approximate surface area is 185 Å². The number of carbonyl (C=O) groups excluding carboxylic acids is 3. The van der Waals surface area contributed by atoms with Crippen LogP contribution in [-0.4, -0.2) is 37.3 Å². The van der Waals surface area contributed by atoms with Crippen molar-refractivity contribution in [2.45, 2.75) is 19.4 Å². The largest absolute Gasteiger partial charge is 0.466 e. The summed E-state index contributed by atoms with van der Waals surface area (Å²) in [5, 5.41) is 5.75. The van der Waals surface area contributed by atoms with Gasteiger partial charge in [0.15, 0.2) is 0 Å². The van der Waals surface area contributed by atoms with Gasteiger partial charge in [-0.3, -0.25) is 14.4 Å². The molecule has 0 aliphatic heterocycles. The second kappa shape index (κ2) is 12.3. The molecule has 0 saturated carbocycles. The van der Waals surface area contributed by atoms with Crippen LogP contribution in [0, 0.1) is 0 Å². The van der Waals surface area contributed by atoms with Gasteiger partial charge in [0.05, 0.1) is 31.3 Å². The number of esters is 1. The molecule has 0 fully saturated rings. The minimum Gasteiger partial charge on any atom is -0.466 e. The lowest BCUT2D eigenvalue weighted by Gasteiger charge is -2.19. The van der Waals surface area contributed by atoms with Crippen molar-refractivity contribution in [3.05, 3.63) is 64.7 Å². The molecule has 2 aromatic rings. The number of ether oxygens (including phenoxy) is 1. The van der Waals surface area contributed by atoms with E-state index in [4.69, 9.17) is 22.2 Å². The smallest absolute Gasteiger partial charge is 0.308 e. The Balaban J connectivity index is 2.01. The zero-order valence-corrected chi connectivity index (χ0v) is 17.7. The van der Waals surface area contributed by atoms with Gasteiger partial charge in [0.25, 0.3) is 5.91 Å². The fourth-order valence-electron chi connectivity index (χ4n) is 2.71. The molecule has 0 radical (unpaired) electrons. The molecule has 5 N–H and O–H groups in total. The van der Waals surface area contributed by atoms with E-state index in [1.807, 2.05) is 0 Å².